The molecule has 1 aromatic heterocycles. The van der Waals surface area contributed by atoms with Crippen LogP contribution in [0.4, 0.5) is 0 Å². The number of amides is 1. The molecular formula is C17H18N3O8P. The van der Waals surface area contributed by atoms with E-state index in [9.17, 15) is 19.3 Å². The van der Waals surface area contributed by atoms with Gasteiger partial charge in [-0.3, -0.25) is 27.7 Å². The van der Waals surface area contributed by atoms with Crippen LogP contribution < -0.4 is 5.73 Å². The van der Waals surface area contributed by atoms with Gasteiger partial charge in [-0.25, -0.2) is 9.55 Å². The average molecular weight is 423 g/mol. The molecule has 0 saturated carbocycles. The van der Waals surface area contributed by atoms with Crippen LogP contribution in [0.2, 0.25) is 0 Å². The molecule has 2 aromatic rings. The number of carbonyl (C=O) groups excluding carboxylic acids is 2. The van der Waals surface area contributed by atoms with Gasteiger partial charge in [0.05, 0.1) is 26.2 Å². The molecule has 0 spiro atoms. The van der Waals surface area contributed by atoms with Crippen molar-refractivity contribution in [2.45, 2.75) is 32.0 Å². The monoisotopic (exact) mass is 423 g/mol. The lowest BCUT2D eigenvalue weighted by Gasteiger charge is -2.18. The lowest BCUT2D eigenvalue weighted by molar-refractivity contribution is -0.124. The largest absolute Gasteiger partial charge is 0.493 e. The molecule has 3 heterocycles. The molecule has 4 rings (SSSR count). The number of carbonyl (C=O) groups is 2. The number of primary amides is 1. The molecule has 1 fully saturated rings. The van der Waals surface area contributed by atoms with Crippen LogP contribution in [0, 0.1) is 0 Å². The number of aromatic nitrogens is 2. The fourth-order valence-electron chi connectivity index (χ4n) is 3.06. The van der Waals surface area contributed by atoms with Crippen molar-refractivity contribution in [2.75, 3.05) is 6.61 Å². The SMILES string of the molecule is NC(=O)c1ncn([C@H]2CC(=O)[C@@H](COP3(=O)OCc4ccccc4CO3)O2)c1O. The number of hydrogen-bond donors (Lipinski definition) is 2. The third-order valence-electron chi connectivity index (χ3n) is 4.63. The Morgan fingerprint density at radius 2 is 1.97 bits per heavy atom. The van der Waals surface area contributed by atoms with E-state index in [1.165, 1.54) is 0 Å². The zero-order valence-corrected chi connectivity index (χ0v) is 16.0. The van der Waals surface area contributed by atoms with Crippen molar-refractivity contribution in [3.8, 4) is 5.88 Å². The number of hydrogen-bond acceptors (Lipinski definition) is 9. The van der Waals surface area contributed by atoms with Gasteiger partial charge >= 0.3 is 7.82 Å². The van der Waals surface area contributed by atoms with Gasteiger partial charge in [-0.1, -0.05) is 24.3 Å². The number of rotatable bonds is 5. The second-order valence-electron chi connectivity index (χ2n) is 6.50. The first-order valence-electron chi connectivity index (χ1n) is 8.70. The highest BCUT2D eigenvalue weighted by atomic mass is 31.2. The Labute approximate surface area is 164 Å². The number of imidazole rings is 1. The highest BCUT2D eigenvalue weighted by Crippen LogP contribution is 2.53. The molecule has 0 radical (unpaired) electrons. The number of phosphoric ester groups is 1. The van der Waals surface area contributed by atoms with E-state index < -0.39 is 31.9 Å². The van der Waals surface area contributed by atoms with E-state index in [1.807, 2.05) is 24.3 Å². The lowest BCUT2D eigenvalue weighted by atomic mass is 10.1. The summed E-state index contributed by atoms with van der Waals surface area (Å²) in [4.78, 5) is 27.2. The van der Waals surface area contributed by atoms with Gasteiger partial charge in [-0.15, -0.1) is 0 Å². The van der Waals surface area contributed by atoms with Crippen LogP contribution in [-0.4, -0.2) is 39.1 Å². The molecule has 0 unspecified atom stereocenters. The molecule has 1 aromatic carbocycles. The molecule has 1 saturated heterocycles. The van der Waals surface area contributed by atoms with Gasteiger partial charge in [0.15, 0.2) is 11.5 Å². The highest BCUT2D eigenvalue weighted by Gasteiger charge is 2.39. The topological polar surface area (TPSA) is 152 Å². The number of fused-ring (bicyclic) bond motifs is 1. The minimum absolute atomic E-state index is 0.0499. The smallest absolute Gasteiger partial charge is 0.475 e. The maximum atomic E-state index is 12.7. The van der Waals surface area contributed by atoms with E-state index in [2.05, 4.69) is 4.98 Å². The zero-order valence-electron chi connectivity index (χ0n) is 15.1. The number of nitrogens with zero attached hydrogens (tertiary/aromatic N) is 2. The predicted molar refractivity (Wildman–Crippen MR) is 95.5 cm³/mol. The maximum Gasteiger partial charge on any atom is 0.475 e. The quantitative estimate of drug-likeness (QED) is 0.680. The summed E-state index contributed by atoms with van der Waals surface area (Å²) in [5.74, 6) is -1.75. The summed E-state index contributed by atoms with van der Waals surface area (Å²) in [5, 5.41) is 10.0. The van der Waals surface area contributed by atoms with Gasteiger partial charge in [0.1, 0.15) is 18.7 Å². The van der Waals surface area contributed by atoms with Crippen molar-refractivity contribution in [1.82, 2.24) is 9.55 Å². The Kier molecular flexibility index (Phi) is 5.24. The Morgan fingerprint density at radius 1 is 1.31 bits per heavy atom. The Morgan fingerprint density at radius 3 is 2.55 bits per heavy atom. The van der Waals surface area contributed by atoms with E-state index in [0.29, 0.717) is 0 Å². The van der Waals surface area contributed by atoms with Gasteiger partial charge in [-0.2, -0.15) is 0 Å². The molecule has 0 bridgehead atoms. The number of ether oxygens (including phenoxy) is 1. The number of benzene rings is 1. The highest BCUT2D eigenvalue weighted by molar-refractivity contribution is 7.48. The third-order valence-corrected chi connectivity index (χ3v) is 5.98. The molecule has 1 amide bonds. The second-order valence-corrected chi connectivity index (χ2v) is 8.17. The molecule has 3 N–H and O–H groups in total. The van der Waals surface area contributed by atoms with E-state index in [0.717, 1.165) is 22.0 Å². The van der Waals surface area contributed by atoms with Gasteiger partial charge in [0.25, 0.3) is 5.91 Å². The molecule has 2 atom stereocenters. The van der Waals surface area contributed by atoms with Gasteiger partial charge in [-0.05, 0) is 11.1 Å². The maximum absolute atomic E-state index is 12.7. The van der Waals surface area contributed by atoms with E-state index in [-0.39, 0.29) is 37.7 Å². The molecule has 29 heavy (non-hydrogen) atoms. The Hall–Kier alpha value is -2.56. The molecule has 2 aliphatic rings. The predicted octanol–water partition coefficient (Wildman–Crippen LogP) is 1.42. The normalized spacial score (nSPS) is 23.5. The molecule has 12 heteroatoms. The van der Waals surface area contributed by atoms with E-state index in [4.69, 9.17) is 24.0 Å². The molecule has 0 aliphatic carbocycles. The van der Waals surface area contributed by atoms with Crippen LogP contribution >= 0.6 is 7.82 Å². The first-order chi connectivity index (χ1) is 13.9. The minimum Gasteiger partial charge on any atom is -0.493 e. The lowest BCUT2D eigenvalue weighted by Crippen LogP contribution is -2.22. The third kappa shape index (κ3) is 3.96. The number of aromatic hydroxyl groups is 1. The minimum atomic E-state index is -3.89. The molecule has 11 nitrogen and oxygen atoms in total. The molecule has 2 aliphatic heterocycles. The van der Waals surface area contributed by atoms with Gasteiger partial charge < -0.3 is 15.6 Å². The van der Waals surface area contributed by atoms with E-state index in [1.54, 1.807) is 0 Å². The number of phosphoric acid groups is 1. The van der Waals surface area contributed by atoms with Crippen molar-refractivity contribution in [3.05, 3.63) is 47.4 Å². The Balaban J connectivity index is 1.39. The summed E-state index contributed by atoms with van der Waals surface area (Å²) in [6, 6.07) is 7.33. The van der Waals surface area contributed by atoms with Crippen LogP contribution in [0.15, 0.2) is 30.6 Å². The summed E-state index contributed by atoms with van der Waals surface area (Å²) in [5.41, 5.74) is 6.45. The van der Waals surface area contributed by atoms with Crippen LogP contribution in [0.3, 0.4) is 0 Å². The fourth-order valence-corrected chi connectivity index (χ4v) is 4.20. The Bertz CT molecular complexity index is 975. The number of Topliss-reactive ketones (excluding diaryl/α,β-unsaturated/α-hetero) is 1. The van der Waals surface area contributed by atoms with Crippen molar-refractivity contribution in [3.63, 3.8) is 0 Å². The standard InChI is InChI=1S/C17H18N3O8P/c18-16(22)15-17(23)20(9-19-15)14-5-12(21)13(28-14)8-27-29(24)25-6-10-3-1-2-4-11(10)7-26-29/h1-4,9,13-14,23H,5-8H2,(H2,18,22)/t13-,14-/m1/s1. The number of nitrogens with two attached hydrogens (primary N) is 1. The summed E-state index contributed by atoms with van der Waals surface area (Å²) in [6.07, 6.45) is -0.915. The van der Waals surface area contributed by atoms with E-state index >= 15 is 0 Å². The van der Waals surface area contributed by atoms with Gasteiger partial charge in [0, 0.05) is 0 Å². The van der Waals surface area contributed by atoms with Gasteiger partial charge in [0.2, 0.25) is 5.88 Å². The van der Waals surface area contributed by atoms with Crippen molar-refractivity contribution < 1.29 is 37.6 Å². The summed E-state index contributed by atoms with van der Waals surface area (Å²) < 4.78 is 35.3. The summed E-state index contributed by atoms with van der Waals surface area (Å²) in [6.45, 7) is -0.260. The van der Waals surface area contributed by atoms with Crippen LogP contribution in [0.5, 0.6) is 5.88 Å². The second kappa shape index (κ2) is 7.69. The first kappa shape index (κ1) is 19.7. The van der Waals surface area contributed by atoms with Crippen molar-refractivity contribution in [1.29, 1.82) is 0 Å². The molecule has 154 valence electrons. The number of ketones is 1. The fraction of sp³-hybridized carbons (Fsp3) is 0.353. The average Bonchev–Trinajstić information content (AvgIpc) is 3.21. The van der Waals surface area contributed by atoms with Crippen LogP contribution in [-0.2, 0) is 40.9 Å². The summed E-state index contributed by atoms with van der Waals surface area (Å²) in [7, 11) is -3.89. The zero-order chi connectivity index (χ0) is 20.6. The first-order valence-corrected chi connectivity index (χ1v) is 10.2. The van der Waals surface area contributed by atoms with Crippen LogP contribution in [0.1, 0.15) is 34.3 Å². The van der Waals surface area contributed by atoms with Crippen LogP contribution in [0.25, 0.3) is 0 Å². The van der Waals surface area contributed by atoms with Crippen molar-refractivity contribution >= 4 is 19.5 Å². The molecular weight excluding hydrogens is 405 g/mol. The van der Waals surface area contributed by atoms with Crippen molar-refractivity contribution in [2.24, 2.45) is 5.73 Å². The summed E-state index contributed by atoms with van der Waals surface area (Å²) >= 11 is 0.